The van der Waals surface area contributed by atoms with Crippen LogP contribution in [-0.4, -0.2) is 4.98 Å². The molecule has 0 aliphatic rings. The highest BCUT2D eigenvalue weighted by atomic mass is 35.5. The lowest BCUT2D eigenvalue weighted by Gasteiger charge is -2.20. The Labute approximate surface area is 121 Å². The number of nitrogens with zero attached hydrogens (tertiary/aromatic N) is 1. The number of nitrogens with one attached hydrogen (secondary N) is 1. The molecular weight excluding hydrogens is 287 g/mol. The number of halogens is 2. The molecule has 0 saturated heterocycles. The van der Waals surface area contributed by atoms with Crippen LogP contribution in [0.5, 0.6) is 0 Å². The number of hydrogen-bond donors (Lipinski definition) is 1. The van der Waals surface area contributed by atoms with E-state index in [-0.39, 0.29) is 12.1 Å². The lowest BCUT2D eigenvalue weighted by molar-refractivity contribution is 0.500. The molecular formula is C13H14Cl2N2S. The molecule has 0 aliphatic heterocycles. The van der Waals surface area contributed by atoms with Gasteiger partial charge in [-0.3, -0.25) is 4.98 Å². The topological polar surface area (TPSA) is 24.9 Å². The van der Waals surface area contributed by atoms with Crippen molar-refractivity contribution in [1.82, 2.24) is 10.3 Å². The molecule has 2 rings (SSSR count). The zero-order valence-corrected chi connectivity index (χ0v) is 12.5. The van der Waals surface area contributed by atoms with Gasteiger partial charge < -0.3 is 5.32 Å². The van der Waals surface area contributed by atoms with E-state index in [4.69, 9.17) is 23.2 Å². The van der Waals surface area contributed by atoms with Crippen LogP contribution < -0.4 is 5.32 Å². The molecule has 2 nitrogen and oxygen atoms in total. The average molecular weight is 301 g/mol. The summed E-state index contributed by atoms with van der Waals surface area (Å²) >= 11 is 13.7. The summed E-state index contributed by atoms with van der Waals surface area (Å²) in [5.74, 6) is 0. The van der Waals surface area contributed by atoms with Crippen molar-refractivity contribution in [3.8, 4) is 0 Å². The lowest BCUT2D eigenvalue weighted by Crippen LogP contribution is -2.22. The van der Waals surface area contributed by atoms with Crippen LogP contribution >= 0.6 is 34.5 Å². The summed E-state index contributed by atoms with van der Waals surface area (Å²) < 4.78 is 0. The van der Waals surface area contributed by atoms with E-state index < -0.39 is 0 Å². The Hall–Kier alpha value is -0.610. The van der Waals surface area contributed by atoms with Crippen LogP contribution in [0.1, 0.15) is 36.4 Å². The molecule has 1 aromatic heterocycles. The van der Waals surface area contributed by atoms with Gasteiger partial charge in [0.25, 0.3) is 0 Å². The number of aromatic nitrogens is 1. The second-order valence-electron chi connectivity index (χ2n) is 4.18. The van der Waals surface area contributed by atoms with Gasteiger partial charge in [-0.15, -0.1) is 11.3 Å². The summed E-state index contributed by atoms with van der Waals surface area (Å²) in [6.07, 6.45) is 1.89. The van der Waals surface area contributed by atoms with Gasteiger partial charge in [0.2, 0.25) is 0 Å². The summed E-state index contributed by atoms with van der Waals surface area (Å²) in [5, 5.41) is 4.85. The van der Waals surface area contributed by atoms with E-state index in [0.717, 1.165) is 5.56 Å². The van der Waals surface area contributed by atoms with Crippen LogP contribution in [0.25, 0.3) is 0 Å². The van der Waals surface area contributed by atoms with Crippen molar-refractivity contribution in [2.24, 2.45) is 0 Å². The van der Waals surface area contributed by atoms with Crippen molar-refractivity contribution in [2.75, 3.05) is 0 Å². The average Bonchev–Trinajstić information content (AvgIpc) is 2.81. The first kappa shape index (κ1) is 13.8. The minimum Gasteiger partial charge on any atom is -0.303 e. The van der Waals surface area contributed by atoms with Gasteiger partial charge in [0, 0.05) is 33.2 Å². The molecule has 0 aliphatic carbocycles. The SMILES string of the molecule is CC(NC(C)c1ccc(Cl)cc1Cl)c1cncs1. The molecule has 1 heterocycles. The molecule has 2 aromatic rings. The fraction of sp³-hybridized carbons (Fsp3) is 0.308. The normalized spacial score (nSPS) is 14.4. The Balaban J connectivity index is 2.10. The molecule has 96 valence electrons. The van der Waals surface area contributed by atoms with Crippen LogP contribution in [0.15, 0.2) is 29.9 Å². The third kappa shape index (κ3) is 3.23. The maximum Gasteiger partial charge on any atom is 0.0794 e. The molecule has 0 spiro atoms. The predicted octanol–water partition coefficient (Wildman–Crippen LogP) is 4.86. The zero-order valence-electron chi connectivity index (χ0n) is 10.2. The summed E-state index contributed by atoms with van der Waals surface area (Å²) in [6, 6.07) is 6.00. The number of rotatable bonds is 4. The summed E-state index contributed by atoms with van der Waals surface area (Å²) in [7, 11) is 0. The quantitative estimate of drug-likeness (QED) is 0.872. The zero-order chi connectivity index (χ0) is 13.1. The highest BCUT2D eigenvalue weighted by Gasteiger charge is 2.14. The van der Waals surface area contributed by atoms with Crippen LogP contribution in [0, 0.1) is 0 Å². The van der Waals surface area contributed by atoms with E-state index in [1.54, 1.807) is 17.4 Å². The van der Waals surface area contributed by atoms with Crippen molar-refractivity contribution >= 4 is 34.5 Å². The van der Waals surface area contributed by atoms with Gasteiger partial charge in [0.1, 0.15) is 0 Å². The third-order valence-electron chi connectivity index (χ3n) is 2.81. The smallest absolute Gasteiger partial charge is 0.0794 e. The molecule has 1 aromatic carbocycles. The Bertz CT molecular complexity index is 514. The predicted molar refractivity (Wildman–Crippen MR) is 78.5 cm³/mol. The van der Waals surface area contributed by atoms with Crippen LogP contribution in [0.4, 0.5) is 0 Å². The monoisotopic (exact) mass is 300 g/mol. The minimum absolute atomic E-state index is 0.159. The first-order valence-corrected chi connectivity index (χ1v) is 7.31. The Morgan fingerprint density at radius 3 is 2.61 bits per heavy atom. The molecule has 0 fully saturated rings. The fourth-order valence-corrected chi connectivity index (χ4v) is 3.05. The largest absolute Gasteiger partial charge is 0.303 e. The van der Waals surface area contributed by atoms with E-state index in [1.807, 2.05) is 23.8 Å². The maximum atomic E-state index is 6.20. The van der Waals surface area contributed by atoms with Gasteiger partial charge in [0.05, 0.1) is 5.51 Å². The van der Waals surface area contributed by atoms with Crippen LogP contribution in [0.2, 0.25) is 10.0 Å². The second kappa shape index (κ2) is 6.02. The van der Waals surface area contributed by atoms with Crippen LogP contribution in [0.3, 0.4) is 0 Å². The summed E-state index contributed by atoms with van der Waals surface area (Å²) in [6.45, 7) is 4.21. The molecule has 5 heteroatoms. The van der Waals surface area contributed by atoms with Crippen LogP contribution in [-0.2, 0) is 0 Å². The highest BCUT2D eigenvalue weighted by molar-refractivity contribution is 7.09. The third-order valence-corrected chi connectivity index (χ3v) is 4.33. The Morgan fingerprint density at radius 1 is 1.22 bits per heavy atom. The second-order valence-corrected chi connectivity index (χ2v) is 5.94. The molecule has 1 N–H and O–H groups in total. The van der Waals surface area contributed by atoms with Gasteiger partial charge in [0.15, 0.2) is 0 Å². The van der Waals surface area contributed by atoms with Gasteiger partial charge in [-0.25, -0.2) is 0 Å². The van der Waals surface area contributed by atoms with E-state index in [9.17, 15) is 0 Å². The fourth-order valence-electron chi connectivity index (χ4n) is 1.84. The first-order valence-electron chi connectivity index (χ1n) is 5.67. The number of thiazole rings is 1. The van der Waals surface area contributed by atoms with Gasteiger partial charge >= 0.3 is 0 Å². The van der Waals surface area contributed by atoms with Crippen molar-refractivity contribution in [2.45, 2.75) is 25.9 Å². The standard InChI is InChI=1S/C13H14Cl2N2S/c1-8(11-4-3-10(14)5-12(11)15)17-9(2)13-6-16-7-18-13/h3-9,17H,1-2H3. The summed E-state index contributed by atoms with van der Waals surface area (Å²) in [4.78, 5) is 5.30. The molecule has 2 unspecified atom stereocenters. The Morgan fingerprint density at radius 2 is 2.00 bits per heavy atom. The maximum absolute atomic E-state index is 6.20. The molecule has 0 bridgehead atoms. The first-order chi connectivity index (χ1) is 8.58. The molecule has 18 heavy (non-hydrogen) atoms. The van der Waals surface area contributed by atoms with Crippen molar-refractivity contribution < 1.29 is 0 Å². The molecule has 0 saturated carbocycles. The van der Waals surface area contributed by atoms with E-state index in [1.165, 1.54) is 4.88 Å². The van der Waals surface area contributed by atoms with Crippen molar-refractivity contribution in [1.29, 1.82) is 0 Å². The van der Waals surface area contributed by atoms with Gasteiger partial charge in [-0.1, -0.05) is 29.3 Å². The molecule has 2 atom stereocenters. The van der Waals surface area contributed by atoms with E-state index in [2.05, 4.69) is 24.1 Å². The molecule has 0 radical (unpaired) electrons. The number of benzene rings is 1. The highest BCUT2D eigenvalue weighted by Crippen LogP contribution is 2.28. The minimum atomic E-state index is 0.159. The number of hydrogen-bond acceptors (Lipinski definition) is 3. The van der Waals surface area contributed by atoms with Crippen molar-refractivity contribution in [3.05, 3.63) is 50.4 Å². The summed E-state index contributed by atoms with van der Waals surface area (Å²) in [5.41, 5.74) is 2.89. The molecule has 0 amide bonds. The van der Waals surface area contributed by atoms with Gasteiger partial charge in [-0.2, -0.15) is 0 Å². The lowest BCUT2D eigenvalue weighted by atomic mass is 10.1. The van der Waals surface area contributed by atoms with E-state index in [0.29, 0.717) is 10.0 Å². The Kier molecular flexibility index (Phi) is 4.62. The van der Waals surface area contributed by atoms with E-state index >= 15 is 0 Å². The van der Waals surface area contributed by atoms with Gasteiger partial charge in [-0.05, 0) is 31.5 Å². The van der Waals surface area contributed by atoms with Crippen molar-refractivity contribution in [3.63, 3.8) is 0 Å².